The topological polar surface area (TPSA) is 69.6 Å². The molecule has 5 nitrogen and oxygen atoms in total. The molecular formula is C14H20N2O3S. The number of carboxylic acid groups (broad SMARTS) is 1. The molecule has 20 heavy (non-hydrogen) atoms. The van der Waals surface area contributed by atoms with Crippen LogP contribution >= 0.6 is 11.8 Å². The zero-order chi connectivity index (χ0) is 15.0. The highest BCUT2D eigenvalue weighted by Gasteiger charge is 2.21. The molecule has 0 aliphatic carbocycles. The first-order chi connectivity index (χ1) is 9.54. The van der Waals surface area contributed by atoms with Crippen LogP contribution in [0.5, 0.6) is 0 Å². The molecule has 2 amide bonds. The minimum atomic E-state index is -1.000. The maximum absolute atomic E-state index is 12.0. The van der Waals surface area contributed by atoms with Gasteiger partial charge in [-0.2, -0.15) is 11.8 Å². The molecule has 6 heteroatoms. The van der Waals surface area contributed by atoms with Crippen LogP contribution in [0.4, 0.5) is 4.79 Å². The normalized spacial score (nSPS) is 11.7. The van der Waals surface area contributed by atoms with Crippen molar-refractivity contribution in [2.75, 3.05) is 19.1 Å². The third-order valence-corrected chi connectivity index (χ3v) is 3.46. The number of urea groups is 1. The molecule has 0 aromatic heterocycles. The maximum Gasteiger partial charge on any atom is 0.326 e. The summed E-state index contributed by atoms with van der Waals surface area (Å²) in [7, 11) is 1.65. The van der Waals surface area contributed by atoms with Crippen LogP contribution in [0.25, 0.3) is 0 Å². The average Bonchev–Trinajstić information content (AvgIpc) is 2.43. The molecule has 0 radical (unpaired) electrons. The van der Waals surface area contributed by atoms with E-state index in [1.807, 2.05) is 36.6 Å². The fourth-order valence-electron chi connectivity index (χ4n) is 1.68. The minimum absolute atomic E-state index is 0.373. The first-order valence-electron chi connectivity index (χ1n) is 6.32. The lowest BCUT2D eigenvalue weighted by atomic mass is 10.2. The van der Waals surface area contributed by atoms with Gasteiger partial charge in [-0.3, -0.25) is 0 Å². The van der Waals surface area contributed by atoms with Gasteiger partial charge < -0.3 is 15.3 Å². The molecule has 0 unspecified atom stereocenters. The Morgan fingerprint density at radius 2 is 2.00 bits per heavy atom. The Bertz CT molecular complexity index is 439. The van der Waals surface area contributed by atoms with E-state index in [9.17, 15) is 9.59 Å². The molecule has 1 atom stereocenters. The number of carboxylic acids is 1. The molecule has 1 aromatic rings. The number of rotatable bonds is 7. The highest BCUT2D eigenvalue weighted by atomic mass is 32.2. The van der Waals surface area contributed by atoms with E-state index in [0.717, 1.165) is 5.56 Å². The van der Waals surface area contributed by atoms with E-state index in [1.54, 1.807) is 18.8 Å². The van der Waals surface area contributed by atoms with E-state index >= 15 is 0 Å². The van der Waals surface area contributed by atoms with Gasteiger partial charge in [0.2, 0.25) is 0 Å². The van der Waals surface area contributed by atoms with Crippen molar-refractivity contribution in [2.24, 2.45) is 0 Å². The van der Waals surface area contributed by atoms with Crippen LogP contribution in [0.3, 0.4) is 0 Å². The number of carbonyl (C=O) groups excluding carboxylic acids is 1. The lowest BCUT2D eigenvalue weighted by Crippen LogP contribution is -2.46. The summed E-state index contributed by atoms with van der Waals surface area (Å²) in [6.07, 6.45) is 2.32. The molecule has 0 spiro atoms. The standard InChI is InChI=1S/C14H20N2O3S/c1-16(10-11-6-4-3-5-7-11)14(19)15-12(13(17)18)8-9-20-2/h3-7,12H,8-10H2,1-2H3,(H,15,19)(H,17,18)/t12-/m0/s1. The summed E-state index contributed by atoms with van der Waals surface area (Å²) in [6, 6.07) is 8.35. The van der Waals surface area contributed by atoms with Gasteiger partial charge in [0, 0.05) is 13.6 Å². The Morgan fingerprint density at radius 3 is 2.55 bits per heavy atom. The van der Waals surface area contributed by atoms with Crippen molar-refractivity contribution in [2.45, 2.75) is 19.0 Å². The minimum Gasteiger partial charge on any atom is -0.480 e. The number of thioether (sulfide) groups is 1. The van der Waals surface area contributed by atoms with Gasteiger partial charge in [-0.05, 0) is 24.0 Å². The van der Waals surface area contributed by atoms with Crippen molar-refractivity contribution in [3.63, 3.8) is 0 Å². The van der Waals surface area contributed by atoms with E-state index in [-0.39, 0.29) is 6.03 Å². The Kier molecular flexibility index (Phi) is 6.93. The van der Waals surface area contributed by atoms with Gasteiger partial charge >= 0.3 is 12.0 Å². The summed E-state index contributed by atoms with van der Waals surface area (Å²) in [4.78, 5) is 24.5. The molecule has 1 rings (SSSR count). The molecule has 0 heterocycles. The third kappa shape index (κ3) is 5.52. The highest BCUT2D eigenvalue weighted by molar-refractivity contribution is 7.98. The molecule has 110 valence electrons. The maximum atomic E-state index is 12.0. The highest BCUT2D eigenvalue weighted by Crippen LogP contribution is 2.05. The molecule has 2 N–H and O–H groups in total. The number of nitrogens with one attached hydrogen (secondary N) is 1. The Balaban J connectivity index is 2.53. The van der Waals surface area contributed by atoms with E-state index in [0.29, 0.717) is 18.7 Å². The fourth-order valence-corrected chi connectivity index (χ4v) is 2.15. The Morgan fingerprint density at radius 1 is 1.35 bits per heavy atom. The number of aliphatic carboxylic acids is 1. The number of nitrogens with zero attached hydrogens (tertiary/aromatic N) is 1. The second-order valence-electron chi connectivity index (χ2n) is 4.46. The van der Waals surface area contributed by atoms with Crippen molar-refractivity contribution in [3.05, 3.63) is 35.9 Å². The van der Waals surface area contributed by atoms with E-state index in [4.69, 9.17) is 5.11 Å². The summed E-state index contributed by atoms with van der Waals surface area (Å²) in [5, 5.41) is 11.6. The van der Waals surface area contributed by atoms with Gasteiger partial charge in [0.25, 0.3) is 0 Å². The van der Waals surface area contributed by atoms with Gasteiger partial charge in [-0.1, -0.05) is 30.3 Å². The summed E-state index contributed by atoms with van der Waals surface area (Å²) in [6.45, 7) is 0.446. The predicted molar refractivity (Wildman–Crippen MR) is 80.9 cm³/mol. The van der Waals surface area contributed by atoms with E-state index in [1.165, 1.54) is 4.90 Å². The fraction of sp³-hybridized carbons (Fsp3) is 0.429. The van der Waals surface area contributed by atoms with Gasteiger partial charge in [0.15, 0.2) is 0 Å². The lowest BCUT2D eigenvalue weighted by Gasteiger charge is -2.21. The lowest BCUT2D eigenvalue weighted by molar-refractivity contribution is -0.139. The Hall–Kier alpha value is -1.69. The zero-order valence-corrected chi connectivity index (χ0v) is 12.5. The second-order valence-corrected chi connectivity index (χ2v) is 5.45. The van der Waals surface area contributed by atoms with Crippen LogP contribution < -0.4 is 5.32 Å². The van der Waals surface area contributed by atoms with Crippen molar-refractivity contribution in [1.82, 2.24) is 10.2 Å². The van der Waals surface area contributed by atoms with Crippen LogP contribution in [0.1, 0.15) is 12.0 Å². The first kappa shape index (κ1) is 16.4. The van der Waals surface area contributed by atoms with E-state index in [2.05, 4.69) is 5.32 Å². The number of hydrogen-bond acceptors (Lipinski definition) is 3. The number of amides is 2. The summed E-state index contributed by atoms with van der Waals surface area (Å²) < 4.78 is 0. The van der Waals surface area contributed by atoms with Crippen molar-refractivity contribution >= 4 is 23.8 Å². The van der Waals surface area contributed by atoms with E-state index < -0.39 is 12.0 Å². The average molecular weight is 296 g/mol. The SMILES string of the molecule is CSCC[C@H](NC(=O)N(C)Cc1ccccc1)C(=O)O. The first-order valence-corrected chi connectivity index (χ1v) is 7.71. The zero-order valence-electron chi connectivity index (χ0n) is 11.7. The quantitative estimate of drug-likeness (QED) is 0.808. The van der Waals surface area contributed by atoms with Crippen LogP contribution in [-0.4, -0.2) is 47.1 Å². The van der Waals surface area contributed by atoms with Gasteiger partial charge in [0.1, 0.15) is 6.04 Å². The van der Waals surface area contributed by atoms with Crippen LogP contribution in [-0.2, 0) is 11.3 Å². The predicted octanol–water partition coefficient (Wildman–Crippen LogP) is 2.03. The largest absolute Gasteiger partial charge is 0.480 e. The smallest absolute Gasteiger partial charge is 0.326 e. The number of benzene rings is 1. The van der Waals surface area contributed by atoms with Crippen LogP contribution in [0.15, 0.2) is 30.3 Å². The third-order valence-electron chi connectivity index (χ3n) is 2.82. The van der Waals surface area contributed by atoms with Crippen LogP contribution in [0.2, 0.25) is 0 Å². The van der Waals surface area contributed by atoms with Crippen molar-refractivity contribution in [1.29, 1.82) is 0 Å². The molecule has 0 aliphatic heterocycles. The monoisotopic (exact) mass is 296 g/mol. The molecule has 0 bridgehead atoms. The van der Waals surface area contributed by atoms with Crippen molar-refractivity contribution < 1.29 is 14.7 Å². The molecule has 1 aromatic carbocycles. The number of hydrogen-bond donors (Lipinski definition) is 2. The summed E-state index contributed by atoms with van der Waals surface area (Å²) >= 11 is 1.56. The molecule has 0 fully saturated rings. The van der Waals surface area contributed by atoms with Crippen molar-refractivity contribution in [3.8, 4) is 0 Å². The van der Waals surface area contributed by atoms with Gasteiger partial charge in [-0.25, -0.2) is 9.59 Å². The molecular weight excluding hydrogens is 276 g/mol. The second kappa shape index (κ2) is 8.47. The Labute approximate surface area is 123 Å². The number of carbonyl (C=O) groups is 2. The van der Waals surface area contributed by atoms with Gasteiger partial charge in [0.05, 0.1) is 0 Å². The molecule has 0 saturated carbocycles. The van der Waals surface area contributed by atoms with Crippen LogP contribution in [0, 0.1) is 0 Å². The van der Waals surface area contributed by atoms with Gasteiger partial charge in [-0.15, -0.1) is 0 Å². The molecule has 0 aliphatic rings. The summed E-state index contributed by atoms with van der Waals surface area (Å²) in [5.74, 6) is -0.305. The molecule has 0 saturated heterocycles. The summed E-state index contributed by atoms with van der Waals surface area (Å²) in [5.41, 5.74) is 1.00.